The van der Waals surface area contributed by atoms with E-state index in [9.17, 15) is 24.0 Å². The Morgan fingerprint density at radius 2 is 1.93 bits per heavy atom. The van der Waals surface area contributed by atoms with Gasteiger partial charge in [-0.25, -0.2) is 13.8 Å². The first-order chi connectivity index (χ1) is 13.8. The zero-order valence-corrected chi connectivity index (χ0v) is 16.3. The Balaban J connectivity index is 2.15. The highest BCUT2D eigenvalue weighted by Crippen LogP contribution is 2.30. The molecule has 5 N–H and O–H groups in total. The fourth-order valence-electron chi connectivity index (χ4n) is 2.86. The van der Waals surface area contributed by atoms with E-state index >= 15 is 0 Å². The molecule has 10 heteroatoms. The van der Waals surface area contributed by atoms with Crippen molar-refractivity contribution >= 4 is 62.9 Å². The molecule has 0 saturated carbocycles. The summed E-state index contributed by atoms with van der Waals surface area (Å²) in [5, 5.41) is 22.9. The van der Waals surface area contributed by atoms with Gasteiger partial charge in [-0.15, -0.1) is 0 Å². The van der Waals surface area contributed by atoms with E-state index in [-0.39, 0.29) is 22.7 Å². The molecule has 0 saturated heterocycles. The van der Waals surface area contributed by atoms with E-state index in [2.05, 4.69) is 10.3 Å². The Bertz CT molecular complexity index is 1170. The molecule has 1 aromatic heterocycles. The van der Waals surface area contributed by atoms with Gasteiger partial charge in [0.1, 0.15) is 11.6 Å². The van der Waals surface area contributed by atoms with Crippen LogP contribution in [0.5, 0.6) is 0 Å². The first kappa shape index (κ1) is 20.6. The number of hydrogen-bond donors (Lipinski definition) is 5. The summed E-state index contributed by atoms with van der Waals surface area (Å²) in [6, 6.07) is 11.0. The molecule has 0 aliphatic rings. The fourth-order valence-corrected chi connectivity index (χ4v) is 3.33. The van der Waals surface area contributed by atoms with E-state index < -0.39 is 23.0 Å². The van der Waals surface area contributed by atoms with Crippen molar-refractivity contribution in [2.24, 2.45) is 0 Å². The smallest absolute Gasteiger partial charge is 0.352 e. The van der Waals surface area contributed by atoms with Gasteiger partial charge in [0.05, 0.1) is 5.57 Å². The van der Waals surface area contributed by atoms with Gasteiger partial charge in [0.15, 0.2) is 11.1 Å². The number of hydrogen-bond acceptors (Lipinski definition) is 4. The van der Waals surface area contributed by atoms with Gasteiger partial charge in [0.2, 0.25) is 0 Å². The van der Waals surface area contributed by atoms with Crippen molar-refractivity contribution in [3.8, 4) is 0 Å². The predicted molar refractivity (Wildman–Crippen MR) is 111 cm³/mol. The number of H-pyrrole nitrogens is 1. The van der Waals surface area contributed by atoms with Crippen LogP contribution in [-0.4, -0.2) is 41.8 Å². The molecular weight excluding hydrogens is 420 g/mol. The average molecular weight is 435 g/mol. The summed E-state index contributed by atoms with van der Waals surface area (Å²) in [5.41, 5.74) is 1.11. The van der Waals surface area contributed by atoms with Gasteiger partial charge in [0, 0.05) is 27.2 Å². The van der Waals surface area contributed by atoms with Crippen LogP contribution in [0.3, 0.4) is 0 Å². The second kappa shape index (κ2) is 8.48. The zero-order chi connectivity index (χ0) is 21.1. The first-order valence-electron chi connectivity index (χ1n) is 8.17. The summed E-state index contributed by atoms with van der Waals surface area (Å²) in [7, 11) is 0. The second-order valence-corrected chi connectivity index (χ2v) is 7.36. The SMILES string of the molecule is O=C(O)C(=Cc1c(C(=O)O)[nH]c2cc(Cl)ccc12)c1cccc(NCS(=O)O)c1. The number of benzene rings is 2. The molecule has 3 aromatic rings. The van der Waals surface area contributed by atoms with E-state index in [1.54, 1.807) is 36.4 Å². The van der Waals surface area contributed by atoms with Gasteiger partial charge in [-0.2, -0.15) is 0 Å². The molecule has 3 rings (SSSR count). The van der Waals surface area contributed by atoms with Crippen LogP contribution >= 0.6 is 11.6 Å². The first-order valence-corrected chi connectivity index (χ1v) is 9.83. The summed E-state index contributed by atoms with van der Waals surface area (Å²) >= 11 is 3.89. The Morgan fingerprint density at radius 1 is 1.17 bits per heavy atom. The molecule has 1 unspecified atom stereocenters. The quantitative estimate of drug-likeness (QED) is 0.282. The Hall–Kier alpha value is -3.14. The molecule has 0 aliphatic heterocycles. The summed E-state index contributed by atoms with van der Waals surface area (Å²) in [4.78, 5) is 26.3. The van der Waals surface area contributed by atoms with E-state index in [0.29, 0.717) is 27.2 Å². The third-order valence-electron chi connectivity index (χ3n) is 4.11. The summed E-state index contributed by atoms with van der Waals surface area (Å²) in [6.07, 6.45) is 1.28. The van der Waals surface area contributed by atoms with Gasteiger partial charge >= 0.3 is 11.9 Å². The van der Waals surface area contributed by atoms with Crippen LogP contribution in [0.1, 0.15) is 21.6 Å². The van der Waals surface area contributed by atoms with Gasteiger partial charge in [-0.3, -0.25) is 0 Å². The number of carboxylic acids is 2. The molecule has 0 spiro atoms. The lowest BCUT2D eigenvalue weighted by molar-refractivity contribution is -0.130. The summed E-state index contributed by atoms with van der Waals surface area (Å²) in [5.74, 6) is -2.72. The monoisotopic (exact) mass is 434 g/mol. The zero-order valence-electron chi connectivity index (χ0n) is 14.7. The number of aromatic carboxylic acids is 1. The van der Waals surface area contributed by atoms with Crippen molar-refractivity contribution in [2.45, 2.75) is 0 Å². The van der Waals surface area contributed by atoms with E-state index in [1.807, 2.05) is 0 Å². The van der Waals surface area contributed by atoms with E-state index in [1.165, 1.54) is 12.1 Å². The average Bonchev–Trinajstić information content (AvgIpc) is 3.02. The lowest BCUT2D eigenvalue weighted by Gasteiger charge is -2.08. The number of nitrogens with one attached hydrogen (secondary N) is 2. The number of aromatic nitrogens is 1. The normalized spacial score (nSPS) is 12.7. The third kappa shape index (κ3) is 4.65. The molecule has 0 aliphatic carbocycles. The molecule has 1 heterocycles. The standard InChI is InChI=1S/C19H15ClN2O6S/c20-11-4-5-13-15(17(19(25)26)22-16(13)7-11)8-14(18(23)24)10-2-1-3-12(6-10)21-9-29(27)28/h1-8,21-22H,9H2,(H,23,24)(H,25,26)(H,27,28). The Kier molecular flexibility index (Phi) is 6.02. The molecule has 2 aromatic carbocycles. The van der Waals surface area contributed by atoms with Gasteiger partial charge in [-0.1, -0.05) is 29.8 Å². The van der Waals surface area contributed by atoms with Crippen LogP contribution in [0.15, 0.2) is 42.5 Å². The van der Waals surface area contributed by atoms with Crippen LogP contribution in [0.25, 0.3) is 22.6 Å². The number of carbonyl (C=O) groups is 2. The minimum Gasteiger partial charge on any atom is -0.478 e. The van der Waals surface area contributed by atoms with Gasteiger partial charge in [-0.05, 0) is 35.9 Å². The number of aromatic amines is 1. The Labute approximate surface area is 172 Å². The molecule has 8 nitrogen and oxygen atoms in total. The second-order valence-electron chi connectivity index (χ2n) is 6.00. The molecule has 0 radical (unpaired) electrons. The van der Waals surface area contributed by atoms with Crippen LogP contribution < -0.4 is 5.32 Å². The van der Waals surface area contributed by atoms with Crippen LogP contribution in [0, 0.1) is 0 Å². The number of anilines is 1. The number of rotatable bonds is 7. The number of aliphatic carboxylic acids is 1. The highest BCUT2D eigenvalue weighted by atomic mass is 35.5. The van der Waals surface area contributed by atoms with Crippen molar-refractivity contribution in [2.75, 3.05) is 11.2 Å². The van der Waals surface area contributed by atoms with Crippen molar-refractivity contribution in [1.29, 1.82) is 0 Å². The maximum atomic E-state index is 11.9. The fraction of sp³-hybridized carbons (Fsp3) is 0.0526. The third-order valence-corrected chi connectivity index (χ3v) is 4.73. The van der Waals surface area contributed by atoms with Crippen molar-refractivity contribution < 1.29 is 28.6 Å². The Morgan fingerprint density at radius 3 is 2.59 bits per heavy atom. The maximum absolute atomic E-state index is 11.9. The molecular formula is C19H15ClN2O6S. The van der Waals surface area contributed by atoms with Gasteiger partial charge in [0.25, 0.3) is 0 Å². The summed E-state index contributed by atoms with van der Waals surface area (Å²) < 4.78 is 19.7. The van der Waals surface area contributed by atoms with E-state index in [0.717, 1.165) is 0 Å². The molecule has 0 bridgehead atoms. The molecule has 0 amide bonds. The van der Waals surface area contributed by atoms with E-state index in [4.69, 9.17) is 16.2 Å². The van der Waals surface area contributed by atoms with Crippen molar-refractivity contribution in [3.63, 3.8) is 0 Å². The molecule has 29 heavy (non-hydrogen) atoms. The lowest BCUT2D eigenvalue weighted by Crippen LogP contribution is -2.07. The minimum absolute atomic E-state index is 0.142. The number of carboxylic acid groups (broad SMARTS) is 2. The highest BCUT2D eigenvalue weighted by Gasteiger charge is 2.19. The largest absolute Gasteiger partial charge is 0.478 e. The molecule has 1 atom stereocenters. The topological polar surface area (TPSA) is 140 Å². The van der Waals surface area contributed by atoms with Crippen molar-refractivity contribution in [1.82, 2.24) is 4.98 Å². The summed E-state index contributed by atoms with van der Waals surface area (Å²) in [6.45, 7) is 0. The molecule has 150 valence electrons. The van der Waals surface area contributed by atoms with Crippen LogP contribution in [-0.2, 0) is 15.9 Å². The lowest BCUT2D eigenvalue weighted by atomic mass is 10.0. The minimum atomic E-state index is -2.07. The molecule has 0 fully saturated rings. The number of halogens is 1. The van der Waals surface area contributed by atoms with Crippen molar-refractivity contribution in [3.05, 3.63) is 64.3 Å². The van der Waals surface area contributed by atoms with Gasteiger partial charge < -0.3 is 25.1 Å². The van der Waals surface area contributed by atoms with Crippen LogP contribution in [0.4, 0.5) is 5.69 Å². The number of fused-ring (bicyclic) bond motifs is 1. The van der Waals surface area contributed by atoms with Crippen LogP contribution in [0.2, 0.25) is 5.02 Å². The highest BCUT2D eigenvalue weighted by molar-refractivity contribution is 7.79. The predicted octanol–water partition coefficient (Wildman–Crippen LogP) is 3.74. The maximum Gasteiger partial charge on any atom is 0.352 e.